The van der Waals surface area contributed by atoms with Gasteiger partial charge in [0.2, 0.25) is 0 Å². The molecule has 1 saturated heterocycles. The van der Waals surface area contributed by atoms with Gasteiger partial charge >= 0.3 is 0 Å². The molecule has 3 nitrogen and oxygen atoms in total. The SMILES string of the molecule is N#Cc1cc(F)ccc1NCCC1CCNC1. The van der Waals surface area contributed by atoms with Crippen molar-refractivity contribution in [3.63, 3.8) is 0 Å². The van der Waals surface area contributed by atoms with Crippen molar-refractivity contribution < 1.29 is 4.39 Å². The zero-order chi connectivity index (χ0) is 12.1. The van der Waals surface area contributed by atoms with Crippen LogP contribution in [0.25, 0.3) is 0 Å². The van der Waals surface area contributed by atoms with Gasteiger partial charge in [0, 0.05) is 6.54 Å². The van der Waals surface area contributed by atoms with E-state index in [-0.39, 0.29) is 5.82 Å². The van der Waals surface area contributed by atoms with Crippen LogP contribution in [-0.2, 0) is 0 Å². The van der Waals surface area contributed by atoms with Gasteiger partial charge in [-0.15, -0.1) is 0 Å². The first-order valence-corrected chi connectivity index (χ1v) is 5.94. The zero-order valence-electron chi connectivity index (χ0n) is 9.67. The van der Waals surface area contributed by atoms with Crippen LogP contribution in [-0.4, -0.2) is 19.6 Å². The smallest absolute Gasteiger partial charge is 0.124 e. The van der Waals surface area contributed by atoms with E-state index in [4.69, 9.17) is 5.26 Å². The normalized spacial score (nSPS) is 18.9. The molecule has 1 aliphatic heterocycles. The Morgan fingerprint density at radius 3 is 3.12 bits per heavy atom. The first-order valence-electron chi connectivity index (χ1n) is 5.94. The molecule has 0 amide bonds. The van der Waals surface area contributed by atoms with Crippen LogP contribution in [0.3, 0.4) is 0 Å². The van der Waals surface area contributed by atoms with Gasteiger partial charge in [-0.1, -0.05) is 0 Å². The highest BCUT2D eigenvalue weighted by Crippen LogP contribution is 2.17. The second-order valence-corrected chi connectivity index (χ2v) is 4.38. The maximum Gasteiger partial charge on any atom is 0.124 e. The molecule has 0 aliphatic carbocycles. The molecule has 2 N–H and O–H groups in total. The summed E-state index contributed by atoms with van der Waals surface area (Å²) in [7, 11) is 0. The lowest BCUT2D eigenvalue weighted by Gasteiger charge is -2.11. The Morgan fingerprint density at radius 2 is 2.41 bits per heavy atom. The number of rotatable bonds is 4. The van der Waals surface area contributed by atoms with E-state index < -0.39 is 0 Å². The fourth-order valence-electron chi connectivity index (χ4n) is 2.13. The number of nitrogens with zero attached hydrogens (tertiary/aromatic N) is 1. The van der Waals surface area contributed by atoms with Crippen molar-refractivity contribution in [1.29, 1.82) is 5.26 Å². The third-order valence-corrected chi connectivity index (χ3v) is 3.13. The zero-order valence-corrected chi connectivity index (χ0v) is 9.67. The van der Waals surface area contributed by atoms with E-state index in [1.807, 2.05) is 6.07 Å². The van der Waals surface area contributed by atoms with Gasteiger partial charge in [0.15, 0.2) is 0 Å². The predicted octanol–water partition coefficient (Wildman–Crippen LogP) is 2.11. The Labute approximate surface area is 101 Å². The highest BCUT2D eigenvalue weighted by Gasteiger charge is 2.13. The molecule has 0 bridgehead atoms. The number of anilines is 1. The van der Waals surface area contributed by atoms with Gasteiger partial charge in [-0.2, -0.15) is 5.26 Å². The lowest BCUT2D eigenvalue weighted by molar-refractivity contribution is 0.549. The van der Waals surface area contributed by atoms with E-state index in [0.717, 1.165) is 31.7 Å². The Balaban J connectivity index is 1.88. The standard InChI is InChI=1S/C13H16FN3/c14-12-1-2-13(11(7-12)8-15)17-6-4-10-3-5-16-9-10/h1-2,7,10,16-17H,3-6,9H2. The van der Waals surface area contributed by atoms with Crippen molar-refractivity contribution in [3.8, 4) is 6.07 Å². The van der Waals surface area contributed by atoms with Crippen molar-refractivity contribution >= 4 is 5.69 Å². The molecule has 1 heterocycles. The lowest BCUT2D eigenvalue weighted by Crippen LogP contribution is -2.13. The molecule has 2 rings (SSSR count). The monoisotopic (exact) mass is 233 g/mol. The summed E-state index contributed by atoms with van der Waals surface area (Å²) in [6, 6.07) is 6.26. The topological polar surface area (TPSA) is 47.9 Å². The molecule has 0 radical (unpaired) electrons. The van der Waals surface area contributed by atoms with Crippen LogP contribution in [0, 0.1) is 23.1 Å². The van der Waals surface area contributed by atoms with E-state index in [2.05, 4.69) is 10.6 Å². The number of hydrogen-bond acceptors (Lipinski definition) is 3. The van der Waals surface area contributed by atoms with Gasteiger partial charge in [-0.25, -0.2) is 4.39 Å². The maximum absolute atomic E-state index is 12.9. The van der Waals surface area contributed by atoms with Gasteiger partial charge in [0.05, 0.1) is 11.3 Å². The minimum atomic E-state index is -0.368. The highest BCUT2D eigenvalue weighted by molar-refractivity contribution is 5.57. The van der Waals surface area contributed by atoms with Gasteiger partial charge < -0.3 is 10.6 Å². The van der Waals surface area contributed by atoms with Crippen molar-refractivity contribution in [2.75, 3.05) is 25.0 Å². The molecule has 0 spiro atoms. The molecule has 90 valence electrons. The van der Waals surface area contributed by atoms with Crippen molar-refractivity contribution in [1.82, 2.24) is 5.32 Å². The highest BCUT2D eigenvalue weighted by atomic mass is 19.1. The van der Waals surface area contributed by atoms with E-state index >= 15 is 0 Å². The summed E-state index contributed by atoms with van der Waals surface area (Å²) in [5.41, 5.74) is 1.09. The molecule has 17 heavy (non-hydrogen) atoms. The summed E-state index contributed by atoms with van der Waals surface area (Å²) in [5.74, 6) is 0.348. The predicted molar refractivity (Wildman–Crippen MR) is 65.2 cm³/mol. The number of benzene rings is 1. The Hall–Kier alpha value is -1.60. The third-order valence-electron chi connectivity index (χ3n) is 3.13. The Kier molecular flexibility index (Phi) is 3.94. The number of nitriles is 1. The van der Waals surface area contributed by atoms with Crippen LogP contribution in [0.15, 0.2) is 18.2 Å². The van der Waals surface area contributed by atoms with Crippen molar-refractivity contribution in [3.05, 3.63) is 29.6 Å². The summed E-state index contributed by atoms with van der Waals surface area (Å²) in [4.78, 5) is 0. The Bertz CT molecular complexity index is 419. The minimum absolute atomic E-state index is 0.368. The fourth-order valence-corrected chi connectivity index (χ4v) is 2.13. The van der Waals surface area contributed by atoms with Gasteiger partial charge in [-0.3, -0.25) is 0 Å². The van der Waals surface area contributed by atoms with Crippen molar-refractivity contribution in [2.24, 2.45) is 5.92 Å². The molecule has 4 heteroatoms. The first-order chi connectivity index (χ1) is 8.29. The molecule has 0 aromatic heterocycles. The summed E-state index contributed by atoms with van der Waals surface area (Å²) >= 11 is 0. The Morgan fingerprint density at radius 1 is 1.53 bits per heavy atom. The molecule has 0 saturated carbocycles. The maximum atomic E-state index is 12.9. The van der Waals surface area contributed by atoms with Crippen molar-refractivity contribution in [2.45, 2.75) is 12.8 Å². The molecule has 1 fully saturated rings. The van der Waals surface area contributed by atoms with E-state index in [0.29, 0.717) is 11.5 Å². The van der Waals surface area contributed by atoms with Gasteiger partial charge in [0.1, 0.15) is 11.9 Å². The van der Waals surface area contributed by atoms with Crippen LogP contribution < -0.4 is 10.6 Å². The molecule has 1 atom stereocenters. The molecule has 1 aliphatic rings. The number of nitrogens with one attached hydrogen (secondary N) is 2. The molecular formula is C13H16FN3. The minimum Gasteiger partial charge on any atom is -0.384 e. The van der Waals surface area contributed by atoms with Crippen LogP contribution in [0.1, 0.15) is 18.4 Å². The quantitative estimate of drug-likeness (QED) is 0.837. The first kappa shape index (κ1) is 11.9. The molecule has 1 aromatic rings. The summed E-state index contributed by atoms with van der Waals surface area (Å²) in [6.45, 7) is 3.01. The van der Waals surface area contributed by atoms with Crippen LogP contribution in [0.2, 0.25) is 0 Å². The van der Waals surface area contributed by atoms with Crippen LogP contribution in [0.4, 0.5) is 10.1 Å². The third kappa shape index (κ3) is 3.18. The lowest BCUT2D eigenvalue weighted by atomic mass is 10.1. The van der Waals surface area contributed by atoms with Gasteiger partial charge in [0.25, 0.3) is 0 Å². The summed E-state index contributed by atoms with van der Waals surface area (Å²) in [6.07, 6.45) is 2.30. The van der Waals surface area contributed by atoms with Crippen LogP contribution >= 0.6 is 0 Å². The molecule has 1 unspecified atom stereocenters. The van der Waals surface area contributed by atoms with E-state index in [1.54, 1.807) is 6.07 Å². The average Bonchev–Trinajstić information content (AvgIpc) is 2.84. The largest absolute Gasteiger partial charge is 0.384 e. The summed E-state index contributed by atoms with van der Waals surface area (Å²) < 4.78 is 12.9. The second-order valence-electron chi connectivity index (χ2n) is 4.38. The van der Waals surface area contributed by atoms with E-state index in [9.17, 15) is 4.39 Å². The molecule has 1 aromatic carbocycles. The second kappa shape index (κ2) is 5.65. The fraction of sp³-hybridized carbons (Fsp3) is 0.462. The number of halogens is 1. The van der Waals surface area contributed by atoms with Crippen LogP contribution in [0.5, 0.6) is 0 Å². The number of hydrogen-bond donors (Lipinski definition) is 2. The van der Waals surface area contributed by atoms with E-state index in [1.165, 1.54) is 18.6 Å². The van der Waals surface area contributed by atoms with Gasteiger partial charge in [-0.05, 0) is 50.0 Å². The molecular weight excluding hydrogens is 217 g/mol. The summed E-state index contributed by atoms with van der Waals surface area (Å²) in [5, 5.41) is 15.4. The average molecular weight is 233 g/mol.